The molecule has 142 valence electrons. The molecule has 5 atom stereocenters. The molecule has 5 heteroatoms. The zero-order valence-electron chi connectivity index (χ0n) is 15.2. The Bertz CT molecular complexity index is 453. The van der Waals surface area contributed by atoms with Crippen LogP contribution in [0.4, 0.5) is 0 Å². The highest BCUT2D eigenvalue weighted by Crippen LogP contribution is 2.40. The molecule has 3 aliphatic heterocycles. The lowest BCUT2D eigenvalue weighted by atomic mass is 9.84. The van der Waals surface area contributed by atoms with E-state index in [1.165, 1.54) is 0 Å². The third-order valence-corrected chi connectivity index (χ3v) is 4.92. The summed E-state index contributed by atoms with van der Waals surface area (Å²) >= 11 is 0. The van der Waals surface area contributed by atoms with Gasteiger partial charge in [0.2, 0.25) is 0 Å². The maximum Gasteiger partial charge on any atom is 0.303 e. The van der Waals surface area contributed by atoms with Crippen LogP contribution in [0.2, 0.25) is 0 Å². The summed E-state index contributed by atoms with van der Waals surface area (Å²) in [6.07, 6.45) is 15.4. The molecule has 0 radical (unpaired) electrons. The largest absolute Gasteiger partial charge is 0.481 e. The fourth-order valence-electron chi connectivity index (χ4n) is 3.38. The minimum atomic E-state index is -0.745. The Balaban J connectivity index is 1.76. The molecule has 0 aromatic carbocycles. The summed E-state index contributed by atoms with van der Waals surface area (Å²) in [5.41, 5.74) is 0. The van der Waals surface area contributed by atoms with Crippen molar-refractivity contribution in [1.82, 2.24) is 0 Å². The van der Waals surface area contributed by atoms with Gasteiger partial charge in [-0.15, -0.1) is 0 Å². The first-order valence-corrected chi connectivity index (χ1v) is 9.64. The molecule has 25 heavy (non-hydrogen) atoms. The molecule has 5 nitrogen and oxygen atoms in total. The van der Waals surface area contributed by atoms with Gasteiger partial charge in [-0.1, -0.05) is 50.5 Å². The van der Waals surface area contributed by atoms with Gasteiger partial charge in [0.1, 0.15) is 0 Å². The average Bonchev–Trinajstić information content (AvgIpc) is 2.55. The number of fused-ring (bicyclic) bond motifs is 2. The van der Waals surface area contributed by atoms with Crippen LogP contribution in [-0.4, -0.2) is 40.8 Å². The maximum absolute atomic E-state index is 10.5. The van der Waals surface area contributed by atoms with Crippen molar-refractivity contribution >= 4 is 5.97 Å². The van der Waals surface area contributed by atoms with Crippen molar-refractivity contribution in [3.05, 3.63) is 24.3 Å². The number of rotatable bonds is 12. The third kappa shape index (κ3) is 6.92. The van der Waals surface area contributed by atoms with Crippen LogP contribution in [0, 0.1) is 5.92 Å². The topological polar surface area (TPSA) is 76.0 Å². The van der Waals surface area contributed by atoms with Crippen LogP contribution in [0.15, 0.2) is 24.3 Å². The van der Waals surface area contributed by atoms with Crippen molar-refractivity contribution in [2.75, 3.05) is 0 Å². The number of carboxylic acids is 1. The molecular formula is C20H32O5. The van der Waals surface area contributed by atoms with Crippen molar-refractivity contribution < 1.29 is 24.5 Å². The van der Waals surface area contributed by atoms with Gasteiger partial charge >= 0.3 is 5.97 Å². The number of carbonyl (C=O) groups is 1. The first-order valence-electron chi connectivity index (χ1n) is 9.64. The number of aliphatic hydroxyl groups excluding tert-OH is 1. The van der Waals surface area contributed by atoms with Crippen LogP contribution in [0.1, 0.15) is 64.7 Å². The summed E-state index contributed by atoms with van der Waals surface area (Å²) in [6.45, 7) is 2.16. The lowest BCUT2D eigenvalue weighted by molar-refractivity contribution is -0.337. The van der Waals surface area contributed by atoms with Gasteiger partial charge in [-0.25, -0.2) is 0 Å². The number of hydrogen-bond acceptors (Lipinski definition) is 4. The Morgan fingerprint density at radius 3 is 2.76 bits per heavy atom. The number of aliphatic hydroxyl groups is 1. The molecule has 2 N–H and O–H groups in total. The van der Waals surface area contributed by atoms with E-state index in [2.05, 4.69) is 13.0 Å². The average molecular weight is 352 g/mol. The van der Waals surface area contributed by atoms with Gasteiger partial charge in [-0.3, -0.25) is 4.79 Å². The highest BCUT2D eigenvalue weighted by molar-refractivity contribution is 5.66. The molecule has 5 unspecified atom stereocenters. The molecule has 0 saturated carbocycles. The van der Waals surface area contributed by atoms with Crippen LogP contribution in [-0.2, 0) is 14.3 Å². The second-order valence-corrected chi connectivity index (χ2v) is 7.05. The van der Waals surface area contributed by atoms with E-state index >= 15 is 0 Å². The second-order valence-electron chi connectivity index (χ2n) is 7.05. The highest BCUT2D eigenvalue weighted by Gasteiger charge is 2.46. The van der Waals surface area contributed by atoms with E-state index in [-0.39, 0.29) is 30.8 Å². The number of unbranched alkanes of at least 4 members (excludes halogenated alkanes) is 3. The number of allylic oxidation sites excluding steroid dienone is 2. The summed E-state index contributed by atoms with van der Waals surface area (Å²) < 4.78 is 11.6. The van der Waals surface area contributed by atoms with Gasteiger partial charge in [0.15, 0.2) is 6.29 Å². The van der Waals surface area contributed by atoms with Crippen LogP contribution < -0.4 is 0 Å². The van der Waals surface area contributed by atoms with E-state index in [1.54, 1.807) is 0 Å². The lowest BCUT2D eigenvalue weighted by Gasteiger charge is -2.49. The Morgan fingerprint density at radius 1 is 1.24 bits per heavy atom. The molecule has 0 aromatic heterocycles. The summed E-state index contributed by atoms with van der Waals surface area (Å²) in [7, 11) is 0. The first kappa shape index (κ1) is 20.1. The molecule has 3 heterocycles. The van der Waals surface area contributed by atoms with E-state index in [1.807, 2.05) is 18.2 Å². The summed E-state index contributed by atoms with van der Waals surface area (Å²) in [6, 6.07) is 0. The Kier molecular flexibility index (Phi) is 8.65. The number of carboxylic acid groups (broad SMARTS) is 1. The van der Waals surface area contributed by atoms with Crippen molar-refractivity contribution in [1.29, 1.82) is 0 Å². The predicted molar refractivity (Wildman–Crippen MR) is 96.2 cm³/mol. The van der Waals surface area contributed by atoms with Crippen molar-refractivity contribution in [3.8, 4) is 0 Å². The van der Waals surface area contributed by atoms with Crippen molar-refractivity contribution in [2.45, 2.75) is 89.3 Å². The summed E-state index contributed by atoms with van der Waals surface area (Å²) in [4.78, 5) is 10.5. The van der Waals surface area contributed by atoms with Gasteiger partial charge in [-0.2, -0.15) is 0 Å². The quantitative estimate of drug-likeness (QED) is 0.412. The maximum atomic E-state index is 10.5. The fourth-order valence-corrected chi connectivity index (χ4v) is 3.38. The van der Waals surface area contributed by atoms with E-state index in [0.29, 0.717) is 6.42 Å². The zero-order valence-corrected chi connectivity index (χ0v) is 15.2. The first-order chi connectivity index (χ1) is 12.1. The number of aliphatic carboxylic acids is 1. The third-order valence-electron chi connectivity index (χ3n) is 4.92. The highest BCUT2D eigenvalue weighted by atomic mass is 16.7. The zero-order chi connectivity index (χ0) is 18.1. The van der Waals surface area contributed by atoms with Crippen LogP contribution in [0.3, 0.4) is 0 Å². The minimum Gasteiger partial charge on any atom is -0.481 e. The standard InChI is InChI=1S/C20H32O5/c1-2-3-6-9-15(21)12-13-17-16(18-14-20(24-17)25-18)10-7-4-5-8-11-19(22)23/h4,7,12-13,15-18,20-21H,2-3,5-6,8-11,14H2,1H3,(H,22,23)/b7-4+,13-12+. The van der Waals surface area contributed by atoms with Gasteiger partial charge in [0.05, 0.1) is 18.3 Å². The Labute approximate surface area is 150 Å². The van der Waals surface area contributed by atoms with Crippen molar-refractivity contribution in [3.63, 3.8) is 0 Å². The fraction of sp³-hybridized carbons (Fsp3) is 0.750. The molecule has 0 aliphatic carbocycles. The predicted octanol–water partition coefficient (Wildman–Crippen LogP) is 3.82. The van der Waals surface area contributed by atoms with Crippen LogP contribution in [0.25, 0.3) is 0 Å². The van der Waals surface area contributed by atoms with E-state index < -0.39 is 12.1 Å². The monoisotopic (exact) mass is 352 g/mol. The molecule has 0 aromatic rings. The molecule has 0 spiro atoms. The van der Waals surface area contributed by atoms with Crippen LogP contribution in [0.5, 0.6) is 0 Å². The molecule has 3 fully saturated rings. The number of hydrogen-bond donors (Lipinski definition) is 2. The van der Waals surface area contributed by atoms with Gasteiger partial charge in [0.25, 0.3) is 0 Å². The molecule has 3 saturated heterocycles. The SMILES string of the molecule is CCCCCC(O)/C=C/C1OC2CC(O2)C1C/C=C/CCCC(=O)O. The van der Waals surface area contributed by atoms with Gasteiger partial charge in [0, 0.05) is 18.8 Å². The summed E-state index contributed by atoms with van der Waals surface area (Å²) in [5, 5.41) is 18.7. The van der Waals surface area contributed by atoms with Crippen LogP contribution >= 0.6 is 0 Å². The summed E-state index contributed by atoms with van der Waals surface area (Å²) in [5.74, 6) is -0.481. The minimum absolute atomic E-state index is 0.0120. The van der Waals surface area contributed by atoms with E-state index in [4.69, 9.17) is 14.6 Å². The van der Waals surface area contributed by atoms with E-state index in [0.717, 1.165) is 44.9 Å². The van der Waals surface area contributed by atoms with E-state index in [9.17, 15) is 9.90 Å². The molecular weight excluding hydrogens is 320 g/mol. The second kappa shape index (κ2) is 10.7. The molecule has 3 aliphatic rings. The molecule has 3 rings (SSSR count). The van der Waals surface area contributed by atoms with Gasteiger partial charge < -0.3 is 19.7 Å². The Hall–Kier alpha value is -1.17. The number of ether oxygens (including phenoxy) is 2. The van der Waals surface area contributed by atoms with Gasteiger partial charge in [-0.05, 0) is 25.7 Å². The smallest absolute Gasteiger partial charge is 0.303 e. The molecule has 2 bridgehead atoms. The normalized spacial score (nSPS) is 29.8. The lowest BCUT2D eigenvalue weighted by Crippen LogP contribution is -2.55. The molecule has 0 amide bonds. The Morgan fingerprint density at radius 2 is 2.04 bits per heavy atom. The van der Waals surface area contributed by atoms with Crippen molar-refractivity contribution in [2.24, 2.45) is 5.92 Å².